The summed E-state index contributed by atoms with van der Waals surface area (Å²) in [6, 6.07) is 30.5. The fraction of sp³-hybridized carbons (Fsp3) is 0. The predicted molar refractivity (Wildman–Crippen MR) is 291 cm³/mol. The minimum absolute atomic E-state index is 0.0907. The van der Waals surface area contributed by atoms with Crippen molar-refractivity contribution in [2.75, 3.05) is 0 Å². The van der Waals surface area contributed by atoms with Gasteiger partial charge in [-0.15, -0.1) is 44.1 Å². The van der Waals surface area contributed by atoms with Crippen LogP contribution in [0.1, 0.15) is 0 Å². The Bertz CT molecular complexity index is 4170. The highest BCUT2D eigenvalue weighted by molar-refractivity contribution is 7.27. The Kier molecular flexibility index (Phi) is 8.84. The van der Waals surface area contributed by atoms with Gasteiger partial charge in [-0.2, -0.15) is 0 Å². The van der Waals surface area contributed by atoms with Gasteiger partial charge in [-0.1, -0.05) is 86.8 Å². The third-order valence-corrected chi connectivity index (χ3v) is 14.4. The van der Waals surface area contributed by atoms with Crippen LogP contribution in [0, 0.1) is 0 Å². The molecule has 0 aliphatic heterocycles. The third kappa shape index (κ3) is 5.25. The fourth-order valence-electron chi connectivity index (χ4n) is 9.98. The van der Waals surface area contributed by atoms with Gasteiger partial charge in [0.2, 0.25) is 0 Å². The first kappa shape index (κ1) is 40.7. The van der Waals surface area contributed by atoms with E-state index < -0.39 is 0 Å². The van der Waals surface area contributed by atoms with Gasteiger partial charge >= 0.3 is 0 Å². The molecule has 8 aromatic carbocycles. The first-order valence-corrected chi connectivity index (χ1v) is 21.2. The van der Waals surface area contributed by atoms with Gasteiger partial charge in [0.15, 0.2) is 0 Å². The van der Waals surface area contributed by atoms with Crippen molar-refractivity contribution in [2.24, 2.45) is 0 Å². The van der Waals surface area contributed by atoms with Gasteiger partial charge < -0.3 is 13.6 Å². The quantitative estimate of drug-likeness (QED) is 0.193. The molecule has 0 aliphatic rings. The number of benzene rings is 8. The van der Waals surface area contributed by atoms with Crippen molar-refractivity contribution in [1.29, 1.82) is 0 Å². The van der Waals surface area contributed by atoms with E-state index in [2.05, 4.69) is 51.6 Å². The van der Waals surface area contributed by atoms with Crippen LogP contribution in [0.2, 0.25) is 0 Å². The maximum absolute atomic E-state index is 7.15. The van der Waals surface area contributed by atoms with Crippen LogP contribution in [0.15, 0.2) is 95.4 Å². The molecule has 0 saturated carbocycles. The Balaban J connectivity index is 1.29. The van der Waals surface area contributed by atoms with Gasteiger partial charge in [0.05, 0.1) is 32.5 Å². The minimum Gasteiger partial charge on any atom is -0.456 e. The molecule has 12 rings (SSSR count). The zero-order chi connectivity index (χ0) is 45.2. The molecule has 0 spiro atoms. The monoisotopic (exact) mass is 810 g/mol. The molecule has 65 heavy (non-hydrogen) atoms. The lowest BCUT2D eigenvalue weighted by atomic mass is 9.64. The number of fused-ring (bicyclic) bond motifs is 13. The summed E-state index contributed by atoms with van der Waals surface area (Å²) in [5, 5.41) is 5.94. The van der Waals surface area contributed by atoms with Crippen molar-refractivity contribution in [3.05, 3.63) is 91.0 Å². The maximum Gasteiger partial charge on any atom is 0.141 e. The summed E-state index contributed by atoms with van der Waals surface area (Å²) in [7, 11) is 86.5. The Labute approximate surface area is 394 Å². The van der Waals surface area contributed by atoms with Crippen LogP contribution < -0.4 is 71.0 Å². The first-order valence-electron chi connectivity index (χ1n) is 20.4. The average Bonchev–Trinajstić information content (AvgIpc) is 4.07. The van der Waals surface area contributed by atoms with Crippen LogP contribution >= 0.6 is 11.3 Å². The number of hydrogen-bond donors (Lipinski definition) is 0. The van der Waals surface area contributed by atoms with E-state index in [1.54, 1.807) is 6.07 Å². The molecule has 4 aromatic heterocycles. The van der Waals surface area contributed by atoms with E-state index in [9.17, 15) is 0 Å². The Morgan fingerprint density at radius 1 is 0.369 bits per heavy atom. The smallest absolute Gasteiger partial charge is 0.141 e. The SMILES string of the molecule is [B]c1cc2c(sc3c(-n4c5ccc(-c6c([B])c([B])c([B])c7c6oc6c([B])c([B])c([B])c([B])c67)cc5c5c6c7ccccc7n(-c7ccccc7)c6ccc54)c([B])c([B])c([B])c32)c([B])c1[B]. The van der Waals surface area contributed by atoms with Crippen LogP contribution in [-0.2, 0) is 0 Å². The van der Waals surface area contributed by atoms with Gasteiger partial charge in [0.25, 0.3) is 0 Å². The Morgan fingerprint density at radius 2 is 0.938 bits per heavy atom. The highest BCUT2D eigenvalue weighted by Gasteiger charge is 2.27. The summed E-state index contributed by atoms with van der Waals surface area (Å²) < 4.78 is 12.4. The molecule has 3 nitrogen and oxygen atoms in total. The van der Waals surface area contributed by atoms with Crippen molar-refractivity contribution in [3.8, 4) is 22.5 Å². The molecule has 0 unspecified atom stereocenters. The normalized spacial score (nSPS) is 12.2. The van der Waals surface area contributed by atoms with Crippen LogP contribution in [0.5, 0.6) is 0 Å². The van der Waals surface area contributed by atoms with Crippen molar-refractivity contribution < 1.29 is 4.42 Å². The van der Waals surface area contributed by atoms with Crippen LogP contribution in [-0.4, -0.2) is 111 Å². The maximum atomic E-state index is 7.15. The summed E-state index contributed by atoms with van der Waals surface area (Å²) in [5.41, 5.74) is 9.56. The molecule has 0 amide bonds. The minimum atomic E-state index is 0.0907. The average molecular weight is 808 g/mol. The van der Waals surface area contributed by atoms with Gasteiger partial charge in [-0.3, -0.25) is 0 Å². The number of nitrogens with zero attached hydrogens (tertiary/aromatic N) is 2. The Morgan fingerprint density at radius 3 is 1.68 bits per heavy atom. The number of rotatable bonds is 3. The summed E-state index contributed by atoms with van der Waals surface area (Å²) >= 11 is 1.42. The summed E-state index contributed by atoms with van der Waals surface area (Å²) in [6.45, 7) is 0. The van der Waals surface area contributed by atoms with E-state index in [4.69, 9.17) is 106 Å². The molecule has 26 radical (unpaired) electrons. The number of thiophene rings is 1. The topological polar surface area (TPSA) is 23.0 Å². The molecule has 268 valence electrons. The lowest BCUT2D eigenvalue weighted by molar-refractivity contribution is 0.673. The highest BCUT2D eigenvalue weighted by atomic mass is 32.1. The molecular formula is C48H15B13N2OS. The lowest BCUT2D eigenvalue weighted by Crippen LogP contribution is -2.47. The van der Waals surface area contributed by atoms with Gasteiger partial charge in [0.1, 0.15) is 113 Å². The van der Waals surface area contributed by atoms with Crippen LogP contribution in [0.25, 0.3) is 108 Å². The molecule has 12 aromatic rings. The van der Waals surface area contributed by atoms with E-state index in [0.717, 1.165) is 54.0 Å². The lowest BCUT2D eigenvalue weighted by Gasteiger charge is -2.19. The molecule has 0 N–H and O–H groups in total. The molecule has 0 bridgehead atoms. The van der Waals surface area contributed by atoms with Crippen molar-refractivity contribution in [2.45, 2.75) is 0 Å². The van der Waals surface area contributed by atoms with Gasteiger partial charge in [-0.25, -0.2) is 0 Å². The predicted octanol–water partition coefficient (Wildman–Crippen LogP) is -1.87. The molecular weight excluding hydrogens is 793 g/mol. The molecule has 0 fully saturated rings. The van der Waals surface area contributed by atoms with Crippen LogP contribution in [0.3, 0.4) is 0 Å². The molecule has 0 saturated heterocycles. The second kappa shape index (κ2) is 14.1. The third-order valence-electron chi connectivity index (χ3n) is 13.1. The first-order chi connectivity index (χ1) is 31.2. The zero-order valence-corrected chi connectivity index (χ0v) is 35.2. The van der Waals surface area contributed by atoms with Gasteiger partial charge in [-0.05, 0) is 58.8 Å². The summed E-state index contributed by atoms with van der Waals surface area (Å²) in [6.07, 6.45) is 0. The molecule has 0 aliphatic carbocycles. The van der Waals surface area contributed by atoms with Crippen LogP contribution in [0.4, 0.5) is 0 Å². The van der Waals surface area contributed by atoms with Crippen molar-refractivity contribution in [1.82, 2.24) is 9.13 Å². The van der Waals surface area contributed by atoms with E-state index in [0.29, 0.717) is 65.0 Å². The number of furan rings is 1. The fourth-order valence-corrected chi connectivity index (χ4v) is 11.3. The summed E-state index contributed by atoms with van der Waals surface area (Å²) in [5.74, 6) is 0. The standard InChI is InChI=1S/C48H15B13N2OS/c49-21-15-20-29-34(52)39(57)41(59)44(48(29)65-47(20)43(61)32(21)50)63-23-11-10-16(26-33(51)37(55)35(53)30-31-36(54)38(56)40(58)42(60)46(31)64-45(26)30)14-19(23)28-25(63)13-12-24-27(28)18-8-4-5-9-22(18)62(24)17-6-2-1-3-7-17/h1-15H. The van der Waals surface area contributed by atoms with Gasteiger partial charge in [0, 0.05) is 48.3 Å². The number of para-hydroxylation sites is 2. The largest absolute Gasteiger partial charge is 0.456 e. The van der Waals surface area contributed by atoms with Crippen molar-refractivity contribution in [3.63, 3.8) is 0 Å². The van der Waals surface area contributed by atoms with E-state index in [1.807, 2.05) is 42.5 Å². The summed E-state index contributed by atoms with van der Waals surface area (Å²) in [4.78, 5) is 0. The second-order valence-electron chi connectivity index (χ2n) is 16.5. The second-order valence-corrected chi connectivity index (χ2v) is 17.5. The van der Waals surface area contributed by atoms with E-state index in [1.165, 1.54) is 11.3 Å². The molecule has 17 heteroatoms. The van der Waals surface area contributed by atoms with Crippen molar-refractivity contribution >= 4 is 270 Å². The van der Waals surface area contributed by atoms with E-state index >= 15 is 0 Å². The molecule has 4 heterocycles. The van der Waals surface area contributed by atoms with E-state index in [-0.39, 0.29) is 60.2 Å². The number of aromatic nitrogens is 2. The number of hydrogen-bond acceptors (Lipinski definition) is 2. The zero-order valence-electron chi connectivity index (χ0n) is 34.4. The Hall–Kier alpha value is -5.78. The molecule has 0 atom stereocenters. The highest BCUT2D eigenvalue weighted by Crippen LogP contribution is 2.45.